The van der Waals surface area contributed by atoms with Gasteiger partial charge in [-0.25, -0.2) is 0 Å². The second kappa shape index (κ2) is 5.10. The van der Waals surface area contributed by atoms with Gasteiger partial charge in [0.1, 0.15) is 11.2 Å². The fourth-order valence-corrected chi connectivity index (χ4v) is 3.54. The molecule has 2 aliphatic rings. The highest BCUT2D eigenvalue weighted by Crippen LogP contribution is 2.45. The van der Waals surface area contributed by atoms with E-state index in [0.717, 1.165) is 30.1 Å². The maximum atomic E-state index is 13.1. The Morgan fingerprint density at radius 2 is 1.91 bits per heavy atom. The van der Waals surface area contributed by atoms with Crippen molar-refractivity contribution >= 4 is 11.6 Å². The van der Waals surface area contributed by atoms with Gasteiger partial charge in [-0.3, -0.25) is 4.79 Å². The van der Waals surface area contributed by atoms with Gasteiger partial charge < -0.3 is 15.0 Å². The van der Waals surface area contributed by atoms with Crippen LogP contribution in [0.2, 0.25) is 0 Å². The maximum absolute atomic E-state index is 13.1. The first-order chi connectivity index (χ1) is 11.1. The van der Waals surface area contributed by atoms with E-state index in [4.69, 9.17) is 4.74 Å². The summed E-state index contributed by atoms with van der Waals surface area (Å²) in [5, 5.41) is 3.27. The molecule has 1 amide bonds. The van der Waals surface area contributed by atoms with Crippen LogP contribution < -0.4 is 15.0 Å². The van der Waals surface area contributed by atoms with E-state index in [0.29, 0.717) is 6.54 Å². The van der Waals surface area contributed by atoms with Gasteiger partial charge in [-0.05, 0) is 41.8 Å². The largest absolute Gasteiger partial charge is 0.497 e. The van der Waals surface area contributed by atoms with E-state index in [1.54, 1.807) is 7.11 Å². The third-order valence-corrected chi connectivity index (χ3v) is 4.97. The lowest BCUT2D eigenvalue weighted by molar-refractivity contribution is -0.125. The van der Waals surface area contributed by atoms with Crippen molar-refractivity contribution in [2.75, 3.05) is 25.1 Å². The molecule has 2 aromatic carbocycles. The van der Waals surface area contributed by atoms with Gasteiger partial charge in [-0.15, -0.1) is 0 Å². The number of aryl methyl sites for hydroxylation is 1. The SMILES string of the molecule is COc1ccc(CN2C(=O)C3(CNC3)c3ccc(C)cc32)cc1. The molecular weight excluding hydrogens is 288 g/mol. The van der Waals surface area contributed by atoms with Gasteiger partial charge >= 0.3 is 0 Å². The minimum absolute atomic E-state index is 0.215. The third kappa shape index (κ3) is 2.05. The molecule has 0 radical (unpaired) electrons. The minimum Gasteiger partial charge on any atom is -0.497 e. The number of nitrogens with one attached hydrogen (secondary N) is 1. The number of benzene rings is 2. The number of hydrogen-bond donors (Lipinski definition) is 1. The van der Waals surface area contributed by atoms with Crippen molar-refractivity contribution in [2.24, 2.45) is 0 Å². The number of methoxy groups -OCH3 is 1. The molecule has 118 valence electrons. The number of ether oxygens (including phenoxy) is 1. The molecule has 1 N–H and O–H groups in total. The number of rotatable bonds is 3. The molecule has 1 saturated heterocycles. The highest BCUT2D eigenvalue weighted by atomic mass is 16.5. The lowest BCUT2D eigenvalue weighted by Crippen LogP contribution is -2.61. The Kier molecular flexibility index (Phi) is 3.16. The van der Waals surface area contributed by atoms with Crippen LogP contribution in [0.15, 0.2) is 42.5 Å². The Bertz CT molecular complexity index is 763. The average molecular weight is 308 g/mol. The summed E-state index contributed by atoms with van der Waals surface area (Å²) >= 11 is 0. The van der Waals surface area contributed by atoms with E-state index in [1.165, 1.54) is 11.1 Å². The van der Waals surface area contributed by atoms with Gasteiger partial charge in [0.25, 0.3) is 0 Å². The predicted molar refractivity (Wildman–Crippen MR) is 89.9 cm³/mol. The first-order valence-corrected chi connectivity index (χ1v) is 7.91. The quantitative estimate of drug-likeness (QED) is 0.946. The van der Waals surface area contributed by atoms with Crippen molar-refractivity contribution in [3.05, 3.63) is 59.2 Å². The molecule has 0 saturated carbocycles. The van der Waals surface area contributed by atoms with E-state index < -0.39 is 0 Å². The van der Waals surface area contributed by atoms with E-state index in [-0.39, 0.29) is 11.3 Å². The second-order valence-corrected chi connectivity index (χ2v) is 6.45. The topological polar surface area (TPSA) is 41.6 Å². The molecule has 4 heteroatoms. The average Bonchev–Trinajstić information content (AvgIpc) is 2.76. The zero-order valence-corrected chi connectivity index (χ0v) is 13.4. The van der Waals surface area contributed by atoms with Crippen LogP contribution >= 0.6 is 0 Å². The molecule has 0 bridgehead atoms. The summed E-state index contributed by atoms with van der Waals surface area (Å²) in [7, 11) is 1.66. The molecular formula is C19H20N2O2. The minimum atomic E-state index is -0.352. The number of carbonyl (C=O) groups excluding carboxylic acids is 1. The lowest BCUT2D eigenvalue weighted by Gasteiger charge is -2.38. The smallest absolute Gasteiger partial charge is 0.240 e. The molecule has 1 spiro atoms. The molecule has 0 unspecified atom stereocenters. The summed E-state index contributed by atoms with van der Waals surface area (Å²) in [5.41, 5.74) is 4.17. The van der Waals surface area contributed by atoms with Crippen LogP contribution in [0.3, 0.4) is 0 Å². The Hall–Kier alpha value is -2.33. The molecule has 2 heterocycles. The highest BCUT2D eigenvalue weighted by Gasteiger charge is 2.54. The standard InChI is InChI=1S/C19H20N2O2/c1-13-3-8-16-17(9-13)21(18(22)19(16)11-20-12-19)10-14-4-6-15(23-2)7-5-14/h3-9,20H,10-12H2,1-2H3. The molecule has 4 rings (SSSR count). The zero-order chi connectivity index (χ0) is 16.0. The van der Waals surface area contributed by atoms with Crippen molar-refractivity contribution in [1.82, 2.24) is 5.32 Å². The van der Waals surface area contributed by atoms with Gasteiger partial charge in [0.2, 0.25) is 5.91 Å². The van der Waals surface area contributed by atoms with E-state index in [1.807, 2.05) is 29.2 Å². The predicted octanol–water partition coefficient (Wildman–Crippen LogP) is 2.39. The number of hydrogen-bond acceptors (Lipinski definition) is 3. The maximum Gasteiger partial charge on any atom is 0.240 e. The van der Waals surface area contributed by atoms with Crippen LogP contribution in [0.4, 0.5) is 5.69 Å². The second-order valence-electron chi connectivity index (χ2n) is 6.45. The first-order valence-electron chi connectivity index (χ1n) is 7.91. The van der Waals surface area contributed by atoms with Crippen molar-refractivity contribution in [3.8, 4) is 5.75 Å². The van der Waals surface area contributed by atoms with Crippen LogP contribution in [-0.4, -0.2) is 26.1 Å². The van der Waals surface area contributed by atoms with Crippen molar-refractivity contribution < 1.29 is 9.53 Å². The Morgan fingerprint density at radius 3 is 2.52 bits per heavy atom. The van der Waals surface area contributed by atoms with Gasteiger partial charge in [0.15, 0.2) is 0 Å². The normalized spacial score (nSPS) is 18.0. The molecule has 0 aromatic heterocycles. The van der Waals surface area contributed by atoms with Crippen LogP contribution in [0.1, 0.15) is 16.7 Å². The Balaban J connectivity index is 1.71. The molecule has 2 aliphatic heterocycles. The van der Waals surface area contributed by atoms with Crippen LogP contribution in [0.25, 0.3) is 0 Å². The third-order valence-electron chi connectivity index (χ3n) is 4.97. The Morgan fingerprint density at radius 1 is 1.17 bits per heavy atom. The molecule has 1 fully saturated rings. The van der Waals surface area contributed by atoms with Crippen LogP contribution in [0, 0.1) is 6.92 Å². The molecule has 2 aromatic rings. The van der Waals surface area contributed by atoms with E-state index >= 15 is 0 Å². The summed E-state index contributed by atoms with van der Waals surface area (Å²) in [6, 6.07) is 14.3. The van der Waals surface area contributed by atoms with Gasteiger partial charge in [-0.2, -0.15) is 0 Å². The van der Waals surface area contributed by atoms with Crippen molar-refractivity contribution in [2.45, 2.75) is 18.9 Å². The number of carbonyl (C=O) groups is 1. The van der Waals surface area contributed by atoms with E-state index in [9.17, 15) is 4.79 Å². The first kappa shape index (κ1) is 14.3. The van der Waals surface area contributed by atoms with Crippen molar-refractivity contribution in [3.63, 3.8) is 0 Å². The summed E-state index contributed by atoms with van der Waals surface area (Å²) in [6.45, 7) is 4.14. The van der Waals surface area contributed by atoms with Gasteiger partial charge in [0, 0.05) is 18.8 Å². The van der Waals surface area contributed by atoms with Gasteiger partial charge in [0.05, 0.1) is 13.7 Å². The zero-order valence-electron chi connectivity index (χ0n) is 13.4. The Labute approximate surface area is 136 Å². The molecule has 23 heavy (non-hydrogen) atoms. The molecule has 0 atom stereocenters. The summed E-state index contributed by atoms with van der Waals surface area (Å²) in [6.07, 6.45) is 0. The summed E-state index contributed by atoms with van der Waals surface area (Å²) < 4.78 is 5.20. The van der Waals surface area contributed by atoms with Crippen LogP contribution in [0.5, 0.6) is 5.75 Å². The molecule has 0 aliphatic carbocycles. The van der Waals surface area contributed by atoms with E-state index in [2.05, 4.69) is 30.4 Å². The number of anilines is 1. The number of fused-ring (bicyclic) bond motifs is 2. The van der Waals surface area contributed by atoms with Gasteiger partial charge in [-0.1, -0.05) is 24.3 Å². The number of nitrogens with zero attached hydrogens (tertiary/aromatic N) is 1. The van der Waals surface area contributed by atoms with Crippen molar-refractivity contribution in [1.29, 1.82) is 0 Å². The fourth-order valence-electron chi connectivity index (χ4n) is 3.54. The molecule has 4 nitrogen and oxygen atoms in total. The highest BCUT2D eigenvalue weighted by molar-refractivity contribution is 6.09. The lowest BCUT2D eigenvalue weighted by atomic mass is 9.76. The monoisotopic (exact) mass is 308 g/mol. The summed E-state index contributed by atoms with van der Waals surface area (Å²) in [5.74, 6) is 1.05. The number of amides is 1. The fraction of sp³-hybridized carbons (Fsp3) is 0.316. The van der Waals surface area contributed by atoms with Crippen LogP contribution in [-0.2, 0) is 16.8 Å². The summed E-state index contributed by atoms with van der Waals surface area (Å²) in [4.78, 5) is 15.0.